The van der Waals surface area contributed by atoms with Crippen molar-refractivity contribution in [3.05, 3.63) is 12.7 Å². The number of nitriles is 2. The molecule has 0 aliphatic rings. The Hall–Kier alpha value is -2.87. The molecule has 0 spiro atoms. The Morgan fingerprint density at radius 2 is 1.89 bits per heavy atom. The summed E-state index contributed by atoms with van der Waals surface area (Å²) in [5.41, 5.74) is -2.83. The normalized spacial score (nSPS) is 11.9. The van der Waals surface area contributed by atoms with Crippen molar-refractivity contribution >= 4 is 18.4 Å². The first-order valence-electron chi connectivity index (χ1n) is 4.94. The van der Waals surface area contributed by atoms with Crippen LogP contribution >= 0.6 is 0 Å². The summed E-state index contributed by atoms with van der Waals surface area (Å²) in [6.45, 7) is 2.39. The third kappa shape index (κ3) is 4.13. The molecule has 0 aromatic carbocycles. The van der Waals surface area contributed by atoms with Crippen LogP contribution in [0.25, 0.3) is 0 Å². The van der Waals surface area contributed by atoms with E-state index < -0.39 is 17.5 Å². The molecule has 0 rings (SSSR count). The summed E-state index contributed by atoms with van der Waals surface area (Å²) in [5.74, 6) is -2.82. The van der Waals surface area contributed by atoms with E-state index in [0.717, 1.165) is 0 Å². The lowest BCUT2D eigenvalue weighted by Crippen LogP contribution is -2.50. The molecular formula is C11H10N2O6. The van der Waals surface area contributed by atoms with E-state index in [-0.39, 0.29) is 26.1 Å². The van der Waals surface area contributed by atoms with Gasteiger partial charge in [-0.05, 0) is 0 Å². The molecule has 0 aliphatic carbocycles. The molecule has 0 N–H and O–H groups in total. The predicted molar refractivity (Wildman–Crippen MR) is 57.8 cm³/mol. The second kappa shape index (κ2) is 8.25. The molecule has 0 radical (unpaired) electrons. The summed E-state index contributed by atoms with van der Waals surface area (Å²) in [5, 5.41) is 17.1. The van der Waals surface area contributed by atoms with Gasteiger partial charge < -0.3 is 14.2 Å². The van der Waals surface area contributed by atoms with Crippen molar-refractivity contribution in [3.63, 3.8) is 0 Å². The summed E-state index contributed by atoms with van der Waals surface area (Å²) in [7, 11) is 0. The molecule has 0 heterocycles. The number of nitrogens with zero attached hydrogens (tertiary/aromatic N) is 2. The van der Waals surface area contributed by atoms with Crippen molar-refractivity contribution in [2.75, 3.05) is 13.2 Å². The molecule has 0 aromatic heterocycles. The number of carbonyl (C=O) groups is 3. The van der Waals surface area contributed by atoms with E-state index in [1.807, 2.05) is 0 Å². The lowest BCUT2D eigenvalue weighted by Gasteiger charge is -2.19. The molecule has 8 heteroatoms. The first kappa shape index (κ1) is 16.1. The van der Waals surface area contributed by atoms with Crippen LogP contribution in [0.4, 0.5) is 0 Å². The standard InChI is InChI=1S/C11H10N2O6/c1-2-5-17-9(15)11(7-13,19-8-14)10(16)18-6-3-4-12/h2,8H,1,3,5-6H2. The van der Waals surface area contributed by atoms with Crippen LogP contribution in [0.15, 0.2) is 12.7 Å². The van der Waals surface area contributed by atoms with Crippen LogP contribution in [0.2, 0.25) is 0 Å². The molecule has 0 saturated heterocycles. The Bertz CT molecular complexity index is 447. The Morgan fingerprint density at radius 1 is 1.26 bits per heavy atom. The fraction of sp³-hybridized carbons (Fsp3) is 0.364. The molecule has 0 saturated carbocycles. The zero-order valence-corrected chi connectivity index (χ0v) is 9.83. The fourth-order valence-electron chi connectivity index (χ4n) is 0.897. The minimum atomic E-state index is -2.83. The van der Waals surface area contributed by atoms with Crippen molar-refractivity contribution in [2.45, 2.75) is 12.0 Å². The largest absolute Gasteiger partial charge is 0.460 e. The summed E-state index contributed by atoms with van der Waals surface area (Å²) >= 11 is 0. The molecule has 8 nitrogen and oxygen atoms in total. The summed E-state index contributed by atoms with van der Waals surface area (Å²) in [6.07, 6.45) is 1.05. The quantitative estimate of drug-likeness (QED) is 0.145. The summed E-state index contributed by atoms with van der Waals surface area (Å²) in [6, 6.07) is 2.92. The van der Waals surface area contributed by atoms with Gasteiger partial charge in [0.2, 0.25) is 0 Å². The molecule has 1 atom stereocenters. The average Bonchev–Trinajstić information content (AvgIpc) is 2.42. The van der Waals surface area contributed by atoms with E-state index in [9.17, 15) is 14.4 Å². The predicted octanol–water partition coefficient (Wildman–Crippen LogP) is -0.392. The van der Waals surface area contributed by atoms with E-state index in [4.69, 9.17) is 10.5 Å². The maximum Gasteiger partial charge on any atom is 0.389 e. The SMILES string of the molecule is C=CCOC(=O)C(C#N)(OC=O)C(=O)OCCC#N. The van der Waals surface area contributed by atoms with Crippen molar-refractivity contribution in [1.82, 2.24) is 0 Å². The van der Waals surface area contributed by atoms with Gasteiger partial charge in [0.1, 0.15) is 19.3 Å². The van der Waals surface area contributed by atoms with Gasteiger partial charge in [0, 0.05) is 0 Å². The smallest absolute Gasteiger partial charge is 0.389 e. The third-order valence-corrected chi connectivity index (χ3v) is 1.74. The van der Waals surface area contributed by atoms with Crippen molar-refractivity contribution in [2.24, 2.45) is 0 Å². The number of esters is 2. The highest BCUT2D eigenvalue weighted by molar-refractivity contribution is 6.07. The monoisotopic (exact) mass is 266 g/mol. The van der Waals surface area contributed by atoms with Crippen molar-refractivity contribution in [1.29, 1.82) is 10.5 Å². The first-order chi connectivity index (χ1) is 9.08. The van der Waals surface area contributed by atoms with E-state index in [2.05, 4.69) is 20.8 Å². The van der Waals surface area contributed by atoms with Crippen molar-refractivity contribution < 1.29 is 28.6 Å². The zero-order valence-electron chi connectivity index (χ0n) is 9.83. The minimum Gasteiger partial charge on any atom is -0.460 e. The average molecular weight is 266 g/mol. The van der Waals surface area contributed by atoms with E-state index in [0.29, 0.717) is 0 Å². The zero-order chi connectivity index (χ0) is 14.7. The van der Waals surface area contributed by atoms with Crippen LogP contribution in [0.3, 0.4) is 0 Å². The second-order valence-corrected chi connectivity index (χ2v) is 2.94. The molecule has 0 fully saturated rings. The van der Waals surface area contributed by atoms with E-state index in [1.165, 1.54) is 12.1 Å². The van der Waals surface area contributed by atoms with Gasteiger partial charge in [-0.3, -0.25) is 4.79 Å². The van der Waals surface area contributed by atoms with Crippen molar-refractivity contribution in [3.8, 4) is 12.1 Å². The number of carbonyl (C=O) groups excluding carboxylic acids is 3. The molecule has 0 aliphatic heterocycles. The second-order valence-electron chi connectivity index (χ2n) is 2.94. The van der Waals surface area contributed by atoms with E-state index in [1.54, 1.807) is 6.07 Å². The van der Waals surface area contributed by atoms with Crippen LogP contribution in [0.5, 0.6) is 0 Å². The Kier molecular flexibility index (Phi) is 7.01. The van der Waals surface area contributed by atoms with Crippen LogP contribution in [0.1, 0.15) is 6.42 Å². The first-order valence-corrected chi connectivity index (χ1v) is 4.94. The van der Waals surface area contributed by atoms with Crippen LogP contribution < -0.4 is 0 Å². The Balaban J connectivity index is 5.05. The fourth-order valence-corrected chi connectivity index (χ4v) is 0.897. The molecule has 19 heavy (non-hydrogen) atoms. The third-order valence-electron chi connectivity index (χ3n) is 1.74. The molecule has 100 valence electrons. The van der Waals surface area contributed by atoms with Gasteiger partial charge in [-0.2, -0.15) is 10.5 Å². The van der Waals surface area contributed by atoms with Crippen LogP contribution in [0, 0.1) is 22.7 Å². The molecular weight excluding hydrogens is 256 g/mol. The topological polar surface area (TPSA) is 126 Å². The number of rotatable bonds is 8. The molecule has 0 amide bonds. The van der Waals surface area contributed by atoms with Crippen LogP contribution in [-0.2, 0) is 28.6 Å². The van der Waals surface area contributed by atoms with Gasteiger partial charge in [-0.15, -0.1) is 0 Å². The van der Waals surface area contributed by atoms with Gasteiger partial charge in [-0.1, -0.05) is 12.7 Å². The highest BCUT2D eigenvalue weighted by atomic mass is 16.6. The molecule has 1 unspecified atom stereocenters. The highest BCUT2D eigenvalue weighted by Crippen LogP contribution is 2.15. The number of hydrogen-bond donors (Lipinski definition) is 0. The van der Waals surface area contributed by atoms with Gasteiger partial charge in [0.05, 0.1) is 12.5 Å². The highest BCUT2D eigenvalue weighted by Gasteiger charge is 2.53. The van der Waals surface area contributed by atoms with Gasteiger partial charge in [0.25, 0.3) is 6.47 Å². The lowest BCUT2D eigenvalue weighted by atomic mass is 10.1. The Morgan fingerprint density at radius 3 is 2.37 bits per heavy atom. The molecule has 0 aromatic rings. The minimum absolute atomic E-state index is 0.143. The molecule has 0 bridgehead atoms. The summed E-state index contributed by atoms with van der Waals surface area (Å²) < 4.78 is 13.2. The number of hydrogen-bond acceptors (Lipinski definition) is 8. The summed E-state index contributed by atoms with van der Waals surface area (Å²) in [4.78, 5) is 33.5. The maximum absolute atomic E-state index is 11.6. The lowest BCUT2D eigenvalue weighted by molar-refractivity contribution is -0.183. The van der Waals surface area contributed by atoms with Gasteiger partial charge in [-0.25, -0.2) is 9.59 Å². The maximum atomic E-state index is 11.6. The van der Waals surface area contributed by atoms with Crippen LogP contribution in [-0.4, -0.2) is 37.2 Å². The van der Waals surface area contributed by atoms with Gasteiger partial charge >= 0.3 is 17.5 Å². The van der Waals surface area contributed by atoms with Gasteiger partial charge in [0.15, 0.2) is 0 Å². The Labute approximate surface area is 108 Å². The van der Waals surface area contributed by atoms with E-state index >= 15 is 0 Å². The number of ether oxygens (including phenoxy) is 3.